The number of ketones is 1. The molecule has 7 heteroatoms. The van der Waals surface area contributed by atoms with Crippen LogP contribution in [0.4, 0.5) is 14.5 Å². The zero-order valence-electron chi connectivity index (χ0n) is 24.0. The van der Waals surface area contributed by atoms with Crippen LogP contribution >= 0.6 is 0 Å². The molecule has 0 aliphatic rings. The first kappa shape index (κ1) is 31.8. The number of allylic oxidation sites excluding steroid dienone is 6. The zero-order valence-corrected chi connectivity index (χ0v) is 24.0. The molecule has 5 nitrogen and oxygen atoms in total. The van der Waals surface area contributed by atoms with E-state index in [0.717, 1.165) is 23.2 Å². The number of nitrogens with zero attached hydrogens (tertiary/aromatic N) is 2. The fraction of sp³-hybridized carbons (Fsp3) is 0.242. The second kappa shape index (κ2) is 15.9. The van der Waals surface area contributed by atoms with Gasteiger partial charge in [0, 0.05) is 35.6 Å². The molecule has 1 N–H and O–H groups in total. The van der Waals surface area contributed by atoms with Gasteiger partial charge in [-0.2, -0.15) is 4.39 Å². The van der Waals surface area contributed by atoms with Gasteiger partial charge in [0.05, 0.1) is 11.4 Å². The van der Waals surface area contributed by atoms with Crippen LogP contribution in [0, 0.1) is 11.6 Å². The zero-order chi connectivity index (χ0) is 29.7. The molecule has 0 bridgehead atoms. The summed E-state index contributed by atoms with van der Waals surface area (Å²) in [6.45, 7) is 14.5. The summed E-state index contributed by atoms with van der Waals surface area (Å²) in [6, 6.07) is 8.45. The molecule has 0 unspecified atom stereocenters. The van der Waals surface area contributed by atoms with E-state index in [4.69, 9.17) is 4.74 Å². The van der Waals surface area contributed by atoms with Crippen molar-refractivity contribution in [1.82, 2.24) is 0 Å². The van der Waals surface area contributed by atoms with E-state index < -0.39 is 11.6 Å². The second-order valence-electron chi connectivity index (χ2n) is 8.75. The van der Waals surface area contributed by atoms with Crippen molar-refractivity contribution in [2.24, 2.45) is 9.98 Å². The number of aryl methyl sites for hydroxylation is 1. The minimum atomic E-state index is -1.13. The van der Waals surface area contributed by atoms with Crippen LogP contribution in [0.25, 0.3) is 5.57 Å². The summed E-state index contributed by atoms with van der Waals surface area (Å²) in [4.78, 5) is 20.7. The highest BCUT2D eigenvalue weighted by atomic mass is 19.2. The summed E-state index contributed by atoms with van der Waals surface area (Å²) in [5, 5.41) is 3.37. The molecular weight excluding hydrogens is 508 g/mol. The maximum absolute atomic E-state index is 15.0. The number of hydrogen-bond donors (Lipinski definition) is 1. The van der Waals surface area contributed by atoms with Crippen LogP contribution in [-0.2, 0) is 6.42 Å². The van der Waals surface area contributed by atoms with Gasteiger partial charge in [0.25, 0.3) is 0 Å². The minimum absolute atomic E-state index is 0.0605. The van der Waals surface area contributed by atoms with E-state index in [-0.39, 0.29) is 23.0 Å². The topological polar surface area (TPSA) is 63.1 Å². The second-order valence-corrected chi connectivity index (χ2v) is 8.75. The van der Waals surface area contributed by atoms with Crippen molar-refractivity contribution in [3.05, 3.63) is 114 Å². The number of carbonyl (C=O) groups is 1. The fourth-order valence-electron chi connectivity index (χ4n) is 3.72. The van der Waals surface area contributed by atoms with Gasteiger partial charge in [-0.15, -0.1) is 0 Å². The molecule has 0 spiro atoms. The van der Waals surface area contributed by atoms with Crippen LogP contribution < -0.4 is 10.1 Å². The summed E-state index contributed by atoms with van der Waals surface area (Å²) in [6.07, 6.45) is 12.7. The van der Waals surface area contributed by atoms with E-state index in [1.165, 1.54) is 30.6 Å². The Balaban J connectivity index is 2.37. The lowest BCUT2D eigenvalue weighted by atomic mass is 9.99. The maximum atomic E-state index is 15.0. The number of Topliss-reactive ketones (excluding diaryl/α,β-unsaturated/α-hetero) is 1. The summed E-state index contributed by atoms with van der Waals surface area (Å²) in [5.74, 6) is -2.26. The van der Waals surface area contributed by atoms with Crippen LogP contribution in [0.15, 0.2) is 95.4 Å². The quantitative estimate of drug-likeness (QED) is 0.125. The van der Waals surface area contributed by atoms with Gasteiger partial charge in [-0.25, -0.2) is 9.38 Å². The first-order valence-corrected chi connectivity index (χ1v) is 13.2. The van der Waals surface area contributed by atoms with Crippen molar-refractivity contribution in [1.29, 1.82) is 0 Å². The molecular formula is C33H37F2N3O2. The van der Waals surface area contributed by atoms with Crippen LogP contribution in [-0.4, -0.2) is 17.4 Å². The number of halogens is 2. The largest absolute Gasteiger partial charge is 0.436 e. The molecule has 0 amide bonds. The van der Waals surface area contributed by atoms with Gasteiger partial charge in [-0.1, -0.05) is 38.7 Å². The van der Waals surface area contributed by atoms with Crippen molar-refractivity contribution >= 4 is 28.7 Å². The molecule has 0 fully saturated rings. The standard InChI is InChI=1S/C33H37F2N3O2/c1-8-13-15-28(38-25-16-17-27(29(39)11-4)24(10-3)20-25)23(7)37-21-22(6)26-18-19-30(33(35)32(26)34)40-31(14-9-2)36-12-5/h8-9,12-21,38H,5,10-11H2,1-4,6-7H3/b13-8-,14-9-,22-21+,28-15+,36-31?,37-23+. The molecule has 0 atom stereocenters. The smallest absolute Gasteiger partial charge is 0.218 e. The Bertz CT molecular complexity index is 1410. The fourth-order valence-corrected chi connectivity index (χ4v) is 3.72. The maximum Gasteiger partial charge on any atom is 0.218 e. The summed E-state index contributed by atoms with van der Waals surface area (Å²) in [5.41, 5.74) is 4.34. The normalized spacial score (nSPS) is 13.3. The number of rotatable bonds is 12. The summed E-state index contributed by atoms with van der Waals surface area (Å²) < 4.78 is 35.2. The van der Waals surface area contributed by atoms with Gasteiger partial charge in [0.1, 0.15) is 0 Å². The Morgan fingerprint density at radius 1 is 1.02 bits per heavy atom. The molecule has 0 saturated heterocycles. The number of anilines is 1. The van der Waals surface area contributed by atoms with Crippen molar-refractivity contribution in [3.63, 3.8) is 0 Å². The van der Waals surface area contributed by atoms with Crippen molar-refractivity contribution in [2.45, 2.75) is 54.4 Å². The first-order chi connectivity index (χ1) is 19.2. The van der Waals surface area contributed by atoms with Gasteiger partial charge in [0.15, 0.2) is 17.3 Å². The van der Waals surface area contributed by atoms with Crippen LogP contribution in [0.2, 0.25) is 0 Å². The highest BCUT2D eigenvalue weighted by molar-refractivity contribution is 6.02. The molecule has 2 aromatic carbocycles. The lowest BCUT2D eigenvalue weighted by Crippen LogP contribution is -2.10. The minimum Gasteiger partial charge on any atom is -0.436 e. The average Bonchev–Trinajstić information content (AvgIpc) is 2.95. The van der Waals surface area contributed by atoms with E-state index in [9.17, 15) is 13.6 Å². The highest BCUT2D eigenvalue weighted by Crippen LogP contribution is 2.28. The summed E-state index contributed by atoms with van der Waals surface area (Å²) in [7, 11) is 0. The molecule has 2 aromatic rings. The molecule has 210 valence electrons. The molecule has 0 heterocycles. The highest BCUT2D eigenvalue weighted by Gasteiger charge is 2.17. The Kier molecular flexibility index (Phi) is 12.6. The molecule has 0 aliphatic heterocycles. The van der Waals surface area contributed by atoms with Crippen molar-refractivity contribution in [2.75, 3.05) is 5.32 Å². The number of nitrogens with one attached hydrogen (secondary N) is 1. The SMILES string of the molecule is C=CN=C(/C=C\C)Oc1ccc(/C(C)=C/N=C(C)/C(=C\C=C/C)Nc2ccc(C(=O)CC)c(CC)c2)c(F)c1F. The molecule has 0 saturated carbocycles. The molecule has 0 aromatic heterocycles. The van der Waals surface area contributed by atoms with Crippen LogP contribution in [0.3, 0.4) is 0 Å². The Labute approximate surface area is 236 Å². The van der Waals surface area contributed by atoms with E-state index >= 15 is 0 Å². The third kappa shape index (κ3) is 8.56. The number of carbonyl (C=O) groups excluding carboxylic acids is 1. The number of ether oxygens (including phenoxy) is 1. The molecule has 40 heavy (non-hydrogen) atoms. The predicted octanol–water partition coefficient (Wildman–Crippen LogP) is 9.01. The molecule has 0 radical (unpaired) electrons. The average molecular weight is 546 g/mol. The lowest BCUT2D eigenvalue weighted by Gasteiger charge is -2.14. The first-order valence-electron chi connectivity index (χ1n) is 13.2. The van der Waals surface area contributed by atoms with Gasteiger partial charge < -0.3 is 10.1 Å². The van der Waals surface area contributed by atoms with Crippen molar-refractivity contribution < 1.29 is 18.3 Å². The Morgan fingerprint density at radius 2 is 1.75 bits per heavy atom. The third-order valence-corrected chi connectivity index (χ3v) is 5.90. The predicted molar refractivity (Wildman–Crippen MR) is 163 cm³/mol. The van der Waals surface area contributed by atoms with Crippen LogP contribution in [0.1, 0.15) is 69.4 Å². The van der Waals surface area contributed by atoms with Gasteiger partial charge in [0.2, 0.25) is 11.7 Å². The van der Waals surface area contributed by atoms with Crippen molar-refractivity contribution in [3.8, 4) is 5.75 Å². The number of aliphatic imine (C=N–C) groups is 2. The lowest BCUT2D eigenvalue weighted by molar-refractivity contribution is 0.0987. The Morgan fingerprint density at radius 3 is 2.38 bits per heavy atom. The van der Waals surface area contributed by atoms with E-state index in [0.29, 0.717) is 23.4 Å². The van der Waals surface area contributed by atoms with Gasteiger partial charge >= 0.3 is 0 Å². The van der Waals surface area contributed by atoms with E-state index in [1.807, 2.05) is 64.1 Å². The summed E-state index contributed by atoms with van der Waals surface area (Å²) >= 11 is 0. The van der Waals surface area contributed by atoms with E-state index in [1.54, 1.807) is 19.9 Å². The van der Waals surface area contributed by atoms with Gasteiger partial charge in [-0.05, 0) is 87.7 Å². The third-order valence-electron chi connectivity index (χ3n) is 5.90. The molecule has 2 rings (SSSR count). The van der Waals surface area contributed by atoms with Crippen LogP contribution in [0.5, 0.6) is 5.75 Å². The Hall–Kier alpha value is -4.39. The van der Waals surface area contributed by atoms with E-state index in [2.05, 4.69) is 21.9 Å². The van der Waals surface area contributed by atoms with Gasteiger partial charge in [-0.3, -0.25) is 9.79 Å². The molecule has 0 aliphatic carbocycles. The number of hydrogen-bond acceptors (Lipinski definition) is 5. The number of benzene rings is 2. The monoisotopic (exact) mass is 545 g/mol.